The molecule has 0 radical (unpaired) electrons. The molecule has 0 aromatic heterocycles. The summed E-state index contributed by atoms with van der Waals surface area (Å²) in [6.07, 6.45) is 0. The first-order valence-electron chi connectivity index (χ1n) is 6.83. The Morgan fingerprint density at radius 2 is 1.55 bits per heavy atom. The van der Waals surface area contributed by atoms with Crippen molar-refractivity contribution in [3.63, 3.8) is 0 Å². The van der Waals surface area contributed by atoms with Crippen LogP contribution in [-0.4, -0.2) is 24.0 Å². The molecule has 0 spiro atoms. The van der Waals surface area contributed by atoms with Gasteiger partial charge in [0.15, 0.2) is 0 Å². The number of phenolic OH excluding ortho intramolecular Hbond substituents is 1. The summed E-state index contributed by atoms with van der Waals surface area (Å²) >= 11 is 0. The molecule has 5 nitrogen and oxygen atoms in total. The lowest BCUT2D eigenvalue weighted by molar-refractivity contribution is 0.0925. The van der Waals surface area contributed by atoms with Gasteiger partial charge in [0.05, 0.1) is 23.9 Å². The lowest BCUT2D eigenvalue weighted by atomic mass is 9.97. The molecule has 112 valence electrons. The minimum Gasteiger partial charge on any atom is -0.507 e. The van der Waals surface area contributed by atoms with Gasteiger partial charge in [-0.2, -0.15) is 0 Å². The van der Waals surface area contributed by atoms with Crippen LogP contribution in [0.3, 0.4) is 0 Å². The van der Waals surface area contributed by atoms with Crippen LogP contribution >= 0.6 is 0 Å². The molecule has 1 aliphatic heterocycles. The second kappa shape index (κ2) is 4.87. The van der Waals surface area contributed by atoms with Crippen molar-refractivity contribution >= 4 is 17.5 Å². The van der Waals surface area contributed by atoms with E-state index in [1.54, 1.807) is 38.1 Å². The van der Waals surface area contributed by atoms with E-state index in [0.29, 0.717) is 16.8 Å². The molecule has 2 amide bonds. The summed E-state index contributed by atoms with van der Waals surface area (Å²) in [5.41, 5.74) is 1.75. The summed E-state index contributed by atoms with van der Waals surface area (Å²) in [5.74, 6) is -0.659. The minimum absolute atomic E-state index is 0.0216. The molecule has 1 aliphatic rings. The van der Waals surface area contributed by atoms with E-state index in [-0.39, 0.29) is 22.6 Å². The number of amides is 2. The van der Waals surface area contributed by atoms with Gasteiger partial charge in [0.2, 0.25) is 0 Å². The molecular formula is C17H15NO4. The number of aromatic hydroxyl groups is 1. The number of para-hydroxylation sites is 1. The molecule has 2 aromatic carbocycles. The first-order chi connectivity index (χ1) is 10.5. The van der Waals surface area contributed by atoms with E-state index < -0.39 is 11.8 Å². The molecule has 1 N–H and O–H groups in total. The number of hydrogen-bond donors (Lipinski definition) is 1. The predicted molar refractivity (Wildman–Crippen MR) is 81.7 cm³/mol. The fourth-order valence-electron chi connectivity index (χ4n) is 2.85. The standard InChI is InChI=1S/C17H15NO4/c1-9-12-13(15(22-3)10(2)14(9)19)17(21)18(16(12)20)11-7-5-4-6-8-11/h4-8,19H,1-3H3. The topological polar surface area (TPSA) is 66.8 Å². The largest absolute Gasteiger partial charge is 0.507 e. The normalized spacial score (nSPS) is 13.5. The van der Waals surface area contributed by atoms with Crippen molar-refractivity contribution < 1.29 is 19.4 Å². The fraction of sp³-hybridized carbons (Fsp3) is 0.176. The van der Waals surface area contributed by atoms with Crippen molar-refractivity contribution in [3.05, 3.63) is 52.6 Å². The van der Waals surface area contributed by atoms with Crippen molar-refractivity contribution in [2.24, 2.45) is 0 Å². The zero-order valence-electron chi connectivity index (χ0n) is 12.5. The molecular weight excluding hydrogens is 282 g/mol. The van der Waals surface area contributed by atoms with Gasteiger partial charge in [0.25, 0.3) is 11.8 Å². The Morgan fingerprint density at radius 3 is 2.14 bits per heavy atom. The molecule has 0 bridgehead atoms. The maximum absolute atomic E-state index is 12.7. The third-order valence-corrected chi connectivity index (χ3v) is 3.96. The first kappa shape index (κ1) is 14.1. The molecule has 1 heterocycles. The summed E-state index contributed by atoms with van der Waals surface area (Å²) in [4.78, 5) is 26.6. The van der Waals surface area contributed by atoms with Gasteiger partial charge >= 0.3 is 0 Å². The second-order valence-corrected chi connectivity index (χ2v) is 5.16. The highest BCUT2D eigenvalue weighted by Gasteiger charge is 2.42. The zero-order chi connectivity index (χ0) is 16.0. The Labute approximate surface area is 127 Å². The van der Waals surface area contributed by atoms with Gasteiger partial charge in [-0.15, -0.1) is 0 Å². The number of anilines is 1. The molecule has 3 rings (SSSR count). The molecule has 5 heteroatoms. The van der Waals surface area contributed by atoms with Crippen LogP contribution in [0.2, 0.25) is 0 Å². The number of fused-ring (bicyclic) bond motifs is 1. The highest BCUT2D eigenvalue weighted by Crippen LogP contribution is 2.42. The number of phenols is 1. The third-order valence-electron chi connectivity index (χ3n) is 3.96. The average molecular weight is 297 g/mol. The van der Waals surface area contributed by atoms with Gasteiger partial charge in [0.1, 0.15) is 11.5 Å². The van der Waals surface area contributed by atoms with Crippen LogP contribution in [0.25, 0.3) is 0 Å². The lowest BCUT2D eigenvalue weighted by Gasteiger charge is -2.13. The van der Waals surface area contributed by atoms with Crippen molar-refractivity contribution in [1.82, 2.24) is 0 Å². The van der Waals surface area contributed by atoms with Crippen LogP contribution in [0.4, 0.5) is 5.69 Å². The molecule has 0 aliphatic carbocycles. The number of nitrogens with zero attached hydrogens (tertiary/aromatic N) is 1. The molecule has 0 fully saturated rings. The number of rotatable bonds is 2. The Morgan fingerprint density at radius 1 is 0.955 bits per heavy atom. The molecule has 0 saturated carbocycles. The summed E-state index contributed by atoms with van der Waals surface area (Å²) < 4.78 is 5.27. The number of ether oxygens (including phenoxy) is 1. The van der Waals surface area contributed by atoms with E-state index in [1.807, 2.05) is 6.07 Å². The van der Waals surface area contributed by atoms with Crippen molar-refractivity contribution in [3.8, 4) is 11.5 Å². The van der Waals surface area contributed by atoms with E-state index in [1.165, 1.54) is 7.11 Å². The fourth-order valence-corrected chi connectivity index (χ4v) is 2.85. The zero-order valence-corrected chi connectivity index (χ0v) is 12.5. The smallest absolute Gasteiger partial charge is 0.269 e. The van der Waals surface area contributed by atoms with Crippen LogP contribution in [0.5, 0.6) is 11.5 Å². The number of carbonyl (C=O) groups excluding carboxylic acids is 2. The minimum atomic E-state index is -0.447. The van der Waals surface area contributed by atoms with Gasteiger partial charge in [-0.25, -0.2) is 4.90 Å². The Bertz CT molecular complexity index is 796. The number of carbonyl (C=O) groups is 2. The molecule has 0 saturated heterocycles. The monoisotopic (exact) mass is 297 g/mol. The van der Waals surface area contributed by atoms with E-state index >= 15 is 0 Å². The van der Waals surface area contributed by atoms with Gasteiger partial charge < -0.3 is 9.84 Å². The van der Waals surface area contributed by atoms with E-state index in [2.05, 4.69) is 0 Å². The highest BCUT2D eigenvalue weighted by atomic mass is 16.5. The average Bonchev–Trinajstić information content (AvgIpc) is 2.78. The third kappa shape index (κ3) is 1.72. The van der Waals surface area contributed by atoms with Crippen LogP contribution in [0, 0.1) is 13.8 Å². The number of benzene rings is 2. The number of methoxy groups -OCH3 is 1. The number of hydrogen-bond acceptors (Lipinski definition) is 4. The van der Waals surface area contributed by atoms with E-state index in [9.17, 15) is 14.7 Å². The molecule has 2 aromatic rings. The summed E-state index contributed by atoms with van der Waals surface area (Å²) in [7, 11) is 1.42. The molecule has 22 heavy (non-hydrogen) atoms. The van der Waals surface area contributed by atoms with E-state index in [0.717, 1.165) is 4.90 Å². The Balaban J connectivity index is 2.28. The number of imide groups is 1. The lowest BCUT2D eigenvalue weighted by Crippen LogP contribution is -2.29. The Kier molecular flexibility index (Phi) is 3.13. The van der Waals surface area contributed by atoms with Gasteiger partial charge in [-0.1, -0.05) is 18.2 Å². The van der Waals surface area contributed by atoms with Gasteiger partial charge in [-0.3, -0.25) is 9.59 Å². The van der Waals surface area contributed by atoms with E-state index in [4.69, 9.17) is 4.74 Å². The Hall–Kier alpha value is -2.82. The SMILES string of the molecule is COc1c(C)c(O)c(C)c2c1C(=O)N(c1ccccc1)C2=O. The summed E-state index contributed by atoms with van der Waals surface area (Å²) in [6.45, 7) is 3.28. The highest BCUT2D eigenvalue weighted by molar-refractivity contribution is 6.36. The molecule has 0 atom stereocenters. The van der Waals surface area contributed by atoms with Crippen molar-refractivity contribution in [2.75, 3.05) is 12.0 Å². The van der Waals surface area contributed by atoms with Gasteiger partial charge in [-0.05, 0) is 26.0 Å². The quantitative estimate of drug-likeness (QED) is 0.866. The van der Waals surface area contributed by atoms with Crippen LogP contribution < -0.4 is 9.64 Å². The summed E-state index contributed by atoms with van der Waals surface area (Å²) in [5, 5.41) is 10.2. The van der Waals surface area contributed by atoms with Crippen LogP contribution in [-0.2, 0) is 0 Å². The van der Waals surface area contributed by atoms with Crippen molar-refractivity contribution in [2.45, 2.75) is 13.8 Å². The maximum Gasteiger partial charge on any atom is 0.269 e. The van der Waals surface area contributed by atoms with Gasteiger partial charge in [0, 0.05) is 11.1 Å². The maximum atomic E-state index is 12.7. The second-order valence-electron chi connectivity index (χ2n) is 5.16. The predicted octanol–water partition coefficient (Wildman–Crippen LogP) is 2.82. The molecule has 0 unspecified atom stereocenters. The van der Waals surface area contributed by atoms with Crippen molar-refractivity contribution in [1.29, 1.82) is 0 Å². The summed E-state index contributed by atoms with van der Waals surface area (Å²) in [6, 6.07) is 8.70. The van der Waals surface area contributed by atoms with Crippen LogP contribution in [0.15, 0.2) is 30.3 Å². The first-order valence-corrected chi connectivity index (χ1v) is 6.83. The van der Waals surface area contributed by atoms with Crippen LogP contribution in [0.1, 0.15) is 31.8 Å².